The lowest BCUT2D eigenvalue weighted by atomic mass is 10.0. The second-order valence-electron chi connectivity index (χ2n) is 3.56. The monoisotopic (exact) mass is 246 g/mol. The van der Waals surface area contributed by atoms with Gasteiger partial charge in [0.2, 0.25) is 0 Å². The van der Waals surface area contributed by atoms with Crippen molar-refractivity contribution in [1.82, 2.24) is 15.4 Å². The average molecular weight is 246 g/mol. The summed E-state index contributed by atoms with van der Waals surface area (Å²) >= 11 is 0. The summed E-state index contributed by atoms with van der Waals surface area (Å²) in [7, 11) is 0. The number of nitrogens with zero attached hydrogens (tertiary/aromatic N) is 2. The van der Waals surface area contributed by atoms with Crippen molar-refractivity contribution in [1.29, 1.82) is 0 Å². The van der Waals surface area contributed by atoms with Crippen molar-refractivity contribution in [3.05, 3.63) is 17.1 Å². The molecule has 2 aromatic rings. The van der Waals surface area contributed by atoms with E-state index in [0.29, 0.717) is 5.69 Å². The zero-order chi connectivity index (χ0) is 12.8. The number of hydrogen-bond acceptors (Lipinski definition) is 4. The molecule has 5 nitrogen and oxygen atoms in total. The number of aromatic amines is 1. The van der Waals surface area contributed by atoms with Crippen LogP contribution in [0, 0.1) is 13.8 Å². The summed E-state index contributed by atoms with van der Waals surface area (Å²) < 4.78 is 43.0. The van der Waals surface area contributed by atoms with Gasteiger partial charge in [-0.3, -0.25) is 5.10 Å². The van der Waals surface area contributed by atoms with E-state index in [1.54, 1.807) is 6.92 Å². The van der Waals surface area contributed by atoms with Gasteiger partial charge < -0.3 is 10.3 Å². The van der Waals surface area contributed by atoms with Gasteiger partial charge >= 0.3 is 6.18 Å². The standard InChI is InChI=1S/C9H9F3N4O/c1-3-5(4(2)17-16-3)6-7(9(10,11)12)14-15-8(6)13/h1-2H3,(H3,13,14,15). The summed E-state index contributed by atoms with van der Waals surface area (Å²) in [6.45, 7) is 3.06. The van der Waals surface area contributed by atoms with Crippen LogP contribution in [0.5, 0.6) is 0 Å². The average Bonchev–Trinajstić information content (AvgIpc) is 2.70. The third-order valence-corrected chi connectivity index (χ3v) is 2.36. The number of anilines is 1. The fourth-order valence-corrected chi connectivity index (χ4v) is 1.65. The first kappa shape index (κ1) is 11.5. The number of H-pyrrole nitrogens is 1. The molecule has 2 aromatic heterocycles. The Hall–Kier alpha value is -1.99. The first-order valence-corrected chi connectivity index (χ1v) is 4.66. The lowest BCUT2D eigenvalue weighted by Crippen LogP contribution is -2.08. The van der Waals surface area contributed by atoms with E-state index in [0.717, 1.165) is 0 Å². The SMILES string of the molecule is Cc1noc(C)c1-c1c(N)n[nH]c1C(F)(F)F. The van der Waals surface area contributed by atoms with Crippen LogP contribution in [-0.4, -0.2) is 15.4 Å². The van der Waals surface area contributed by atoms with Crippen molar-refractivity contribution in [2.75, 3.05) is 5.73 Å². The Labute approximate surface area is 93.8 Å². The highest BCUT2D eigenvalue weighted by molar-refractivity contribution is 5.79. The van der Waals surface area contributed by atoms with E-state index in [9.17, 15) is 13.2 Å². The van der Waals surface area contributed by atoms with Crippen LogP contribution < -0.4 is 5.73 Å². The molecule has 0 radical (unpaired) electrons. The predicted molar refractivity (Wildman–Crippen MR) is 53.0 cm³/mol. The zero-order valence-electron chi connectivity index (χ0n) is 9.01. The molecule has 0 aliphatic heterocycles. The van der Waals surface area contributed by atoms with Crippen LogP contribution in [0.1, 0.15) is 17.1 Å². The third-order valence-electron chi connectivity index (χ3n) is 2.36. The van der Waals surface area contributed by atoms with Gasteiger partial charge in [0.25, 0.3) is 0 Å². The first-order chi connectivity index (χ1) is 7.82. The molecule has 0 saturated carbocycles. The number of alkyl halides is 3. The number of halogens is 3. The summed E-state index contributed by atoms with van der Waals surface area (Å²) in [4.78, 5) is 0. The minimum Gasteiger partial charge on any atom is -0.382 e. The van der Waals surface area contributed by atoms with Gasteiger partial charge in [0.1, 0.15) is 11.5 Å². The lowest BCUT2D eigenvalue weighted by molar-refractivity contribution is -0.140. The Bertz CT molecular complexity index is 536. The van der Waals surface area contributed by atoms with Gasteiger partial charge in [-0.05, 0) is 13.8 Å². The highest BCUT2D eigenvalue weighted by atomic mass is 19.4. The molecule has 92 valence electrons. The summed E-state index contributed by atoms with van der Waals surface area (Å²) in [5.41, 5.74) is 4.81. The summed E-state index contributed by atoms with van der Waals surface area (Å²) in [5.74, 6) is 0.0350. The Morgan fingerprint density at radius 2 is 1.88 bits per heavy atom. The summed E-state index contributed by atoms with van der Waals surface area (Å²) in [6.07, 6.45) is -4.56. The molecule has 0 spiro atoms. The summed E-state index contributed by atoms with van der Waals surface area (Å²) in [6, 6.07) is 0. The van der Waals surface area contributed by atoms with Gasteiger partial charge in [-0.15, -0.1) is 0 Å². The fourth-order valence-electron chi connectivity index (χ4n) is 1.65. The summed E-state index contributed by atoms with van der Waals surface area (Å²) in [5, 5.41) is 8.87. The lowest BCUT2D eigenvalue weighted by Gasteiger charge is -2.06. The number of nitrogen functional groups attached to an aromatic ring is 1. The van der Waals surface area contributed by atoms with Crippen LogP contribution in [0.15, 0.2) is 4.52 Å². The largest absolute Gasteiger partial charge is 0.433 e. The number of nitrogens with two attached hydrogens (primary N) is 1. The molecule has 0 aliphatic rings. The molecule has 0 aromatic carbocycles. The maximum Gasteiger partial charge on any atom is 0.433 e. The minimum absolute atomic E-state index is 0.214. The molecule has 17 heavy (non-hydrogen) atoms. The molecule has 0 amide bonds. The molecule has 0 fully saturated rings. The van der Waals surface area contributed by atoms with Crippen LogP contribution >= 0.6 is 0 Å². The second-order valence-corrected chi connectivity index (χ2v) is 3.56. The van der Waals surface area contributed by atoms with Gasteiger partial charge in [0.05, 0.1) is 16.8 Å². The molecule has 0 saturated heterocycles. The smallest absolute Gasteiger partial charge is 0.382 e. The molecular weight excluding hydrogens is 237 g/mol. The van der Waals surface area contributed by atoms with Crippen molar-refractivity contribution in [3.8, 4) is 11.1 Å². The van der Waals surface area contributed by atoms with Crippen LogP contribution in [0.4, 0.5) is 19.0 Å². The highest BCUT2D eigenvalue weighted by Crippen LogP contribution is 2.40. The predicted octanol–water partition coefficient (Wildman–Crippen LogP) is 2.28. The Kier molecular flexibility index (Phi) is 2.37. The van der Waals surface area contributed by atoms with Crippen LogP contribution in [0.3, 0.4) is 0 Å². The maximum atomic E-state index is 12.7. The first-order valence-electron chi connectivity index (χ1n) is 4.66. The van der Waals surface area contributed by atoms with Crippen molar-refractivity contribution in [3.63, 3.8) is 0 Å². The fraction of sp³-hybridized carbons (Fsp3) is 0.333. The number of hydrogen-bond donors (Lipinski definition) is 2. The molecule has 2 rings (SSSR count). The van der Waals surface area contributed by atoms with Gasteiger partial charge in [0.15, 0.2) is 5.82 Å². The van der Waals surface area contributed by atoms with E-state index < -0.39 is 11.9 Å². The molecule has 0 unspecified atom stereocenters. The Morgan fingerprint density at radius 1 is 1.24 bits per heavy atom. The number of aryl methyl sites for hydroxylation is 2. The molecule has 0 atom stereocenters. The molecular formula is C9H9F3N4O. The zero-order valence-corrected chi connectivity index (χ0v) is 9.01. The minimum atomic E-state index is -4.56. The topological polar surface area (TPSA) is 80.7 Å². The molecule has 2 heterocycles. The van der Waals surface area contributed by atoms with Gasteiger partial charge in [-0.1, -0.05) is 5.16 Å². The molecule has 8 heteroatoms. The van der Waals surface area contributed by atoms with Gasteiger partial charge in [-0.25, -0.2) is 0 Å². The van der Waals surface area contributed by atoms with Crippen molar-refractivity contribution in [2.24, 2.45) is 0 Å². The maximum absolute atomic E-state index is 12.7. The van der Waals surface area contributed by atoms with Gasteiger partial charge in [0, 0.05) is 0 Å². The Morgan fingerprint density at radius 3 is 2.35 bits per heavy atom. The van der Waals surface area contributed by atoms with E-state index in [1.165, 1.54) is 6.92 Å². The van der Waals surface area contributed by atoms with Crippen LogP contribution in [-0.2, 0) is 6.18 Å². The second kappa shape index (κ2) is 3.51. The Balaban J connectivity index is 2.72. The normalized spacial score (nSPS) is 12.1. The molecule has 3 N–H and O–H groups in total. The van der Waals surface area contributed by atoms with E-state index in [4.69, 9.17) is 10.3 Å². The van der Waals surface area contributed by atoms with Crippen molar-refractivity contribution in [2.45, 2.75) is 20.0 Å². The third kappa shape index (κ3) is 1.75. The number of aromatic nitrogens is 3. The van der Waals surface area contributed by atoms with E-state index in [-0.39, 0.29) is 22.7 Å². The highest BCUT2D eigenvalue weighted by Gasteiger charge is 2.38. The van der Waals surface area contributed by atoms with E-state index >= 15 is 0 Å². The van der Waals surface area contributed by atoms with Gasteiger partial charge in [-0.2, -0.15) is 18.3 Å². The van der Waals surface area contributed by atoms with Crippen LogP contribution in [0.25, 0.3) is 11.1 Å². The van der Waals surface area contributed by atoms with Crippen LogP contribution in [0.2, 0.25) is 0 Å². The molecule has 0 bridgehead atoms. The molecule has 0 aliphatic carbocycles. The quantitative estimate of drug-likeness (QED) is 0.808. The van der Waals surface area contributed by atoms with Crippen molar-refractivity contribution >= 4 is 5.82 Å². The number of nitrogens with one attached hydrogen (secondary N) is 1. The van der Waals surface area contributed by atoms with E-state index in [2.05, 4.69) is 10.3 Å². The number of rotatable bonds is 1. The van der Waals surface area contributed by atoms with E-state index in [1.807, 2.05) is 5.10 Å². The van der Waals surface area contributed by atoms with Crippen molar-refractivity contribution < 1.29 is 17.7 Å².